The maximum atomic E-state index is 12.0. The van der Waals surface area contributed by atoms with Gasteiger partial charge in [-0.1, -0.05) is 11.3 Å². The van der Waals surface area contributed by atoms with Crippen LogP contribution < -0.4 is 10.5 Å². The Bertz CT molecular complexity index is 950. The Kier molecular flexibility index (Phi) is 3.87. The number of aryl methyl sites for hydroxylation is 1. The lowest BCUT2D eigenvalue weighted by molar-refractivity contribution is 0.122. The molecule has 1 fully saturated rings. The molecule has 124 valence electrons. The van der Waals surface area contributed by atoms with E-state index in [2.05, 4.69) is 25.0 Å². The van der Waals surface area contributed by atoms with Gasteiger partial charge in [0, 0.05) is 31.2 Å². The fourth-order valence-electron chi connectivity index (χ4n) is 2.54. The van der Waals surface area contributed by atoms with Crippen LogP contribution in [0.25, 0.3) is 23.2 Å². The molecular formula is C15H16N6O2S. The SMILES string of the molecule is Cn1ncc2c(=O)[nH]c(/C=C/c3cnc(N4CCOCC4)s3)nc21. The lowest BCUT2D eigenvalue weighted by Crippen LogP contribution is -2.36. The van der Waals surface area contributed by atoms with Crippen LogP contribution in [0.3, 0.4) is 0 Å². The number of fused-ring (bicyclic) bond motifs is 1. The molecule has 4 heterocycles. The van der Waals surface area contributed by atoms with Gasteiger partial charge in [0.2, 0.25) is 0 Å². The van der Waals surface area contributed by atoms with Crippen molar-refractivity contribution >= 4 is 39.7 Å². The van der Waals surface area contributed by atoms with E-state index in [1.54, 1.807) is 29.1 Å². The number of nitrogens with zero attached hydrogens (tertiary/aromatic N) is 5. The first-order chi connectivity index (χ1) is 11.7. The predicted octanol–water partition coefficient (Wildman–Crippen LogP) is 1.12. The van der Waals surface area contributed by atoms with E-state index in [1.807, 2.05) is 12.3 Å². The molecule has 1 N–H and O–H groups in total. The van der Waals surface area contributed by atoms with E-state index >= 15 is 0 Å². The molecule has 3 aromatic rings. The summed E-state index contributed by atoms with van der Waals surface area (Å²) in [6, 6.07) is 0. The van der Waals surface area contributed by atoms with Crippen molar-refractivity contribution in [3.63, 3.8) is 0 Å². The highest BCUT2D eigenvalue weighted by Gasteiger charge is 2.14. The van der Waals surface area contributed by atoms with Crippen molar-refractivity contribution in [2.75, 3.05) is 31.2 Å². The van der Waals surface area contributed by atoms with Crippen LogP contribution in [0.1, 0.15) is 10.7 Å². The van der Waals surface area contributed by atoms with E-state index < -0.39 is 0 Å². The van der Waals surface area contributed by atoms with E-state index in [4.69, 9.17) is 4.74 Å². The number of aromatic amines is 1. The number of aromatic nitrogens is 5. The van der Waals surface area contributed by atoms with Gasteiger partial charge in [-0.15, -0.1) is 0 Å². The molecule has 0 bridgehead atoms. The third-order valence-electron chi connectivity index (χ3n) is 3.82. The lowest BCUT2D eigenvalue weighted by atomic mass is 10.4. The summed E-state index contributed by atoms with van der Waals surface area (Å²) < 4.78 is 6.94. The Morgan fingerprint density at radius 1 is 1.29 bits per heavy atom. The second-order valence-electron chi connectivity index (χ2n) is 5.43. The molecule has 0 aromatic carbocycles. The van der Waals surface area contributed by atoms with Crippen LogP contribution in [0.15, 0.2) is 17.2 Å². The predicted molar refractivity (Wildman–Crippen MR) is 93.2 cm³/mol. The topological polar surface area (TPSA) is 88.9 Å². The smallest absolute Gasteiger partial charge is 0.262 e. The van der Waals surface area contributed by atoms with Gasteiger partial charge in [-0.05, 0) is 12.2 Å². The minimum Gasteiger partial charge on any atom is -0.378 e. The molecule has 0 atom stereocenters. The fraction of sp³-hybridized carbons (Fsp3) is 0.333. The zero-order chi connectivity index (χ0) is 16.5. The molecule has 24 heavy (non-hydrogen) atoms. The van der Waals surface area contributed by atoms with Crippen molar-refractivity contribution in [1.29, 1.82) is 0 Å². The normalized spacial score (nSPS) is 15.6. The molecule has 9 heteroatoms. The fourth-order valence-corrected chi connectivity index (χ4v) is 3.41. The molecule has 0 aliphatic carbocycles. The van der Waals surface area contributed by atoms with Gasteiger partial charge in [-0.3, -0.25) is 9.48 Å². The summed E-state index contributed by atoms with van der Waals surface area (Å²) in [6.07, 6.45) is 7.03. The summed E-state index contributed by atoms with van der Waals surface area (Å²) in [6.45, 7) is 3.20. The van der Waals surface area contributed by atoms with Gasteiger partial charge >= 0.3 is 0 Å². The highest BCUT2D eigenvalue weighted by atomic mass is 32.1. The maximum absolute atomic E-state index is 12.0. The van der Waals surface area contributed by atoms with Crippen LogP contribution in [0.5, 0.6) is 0 Å². The van der Waals surface area contributed by atoms with E-state index in [1.165, 1.54) is 6.20 Å². The summed E-state index contributed by atoms with van der Waals surface area (Å²) in [7, 11) is 1.76. The number of anilines is 1. The number of hydrogen-bond donors (Lipinski definition) is 1. The number of thiazole rings is 1. The van der Waals surface area contributed by atoms with Gasteiger partial charge in [0.15, 0.2) is 10.8 Å². The van der Waals surface area contributed by atoms with Crippen molar-refractivity contribution in [2.24, 2.45) is 7.05 Å². The second-order valence-corrected chi connectivity index (χ2v) is 6.48. The van der Waals surface area contributed by atoms with Gasteiger partial charge in [0.1, 0.15) is 11.2 Å². The van der Waals surface area contributed by atoms with Gasteiger partial charge in [-0.25, -0.2) is 9.97 Å². The zero-order valence-electron chi connectivity index (χ0n) is 13.1. The largest absolute Gasteiger partial charge is 0.378 e. The van der Waals surface area contributed by atoms with Crippen LogP contribution in [0, 0.1) is 0 Å². The highest BCUT2D eigenvalue weighted by Crippen LogP contribution is 2.24. The van der Waals surface area contributed by atoms with E-state index in [0.29, 0.717) is 16.9 Å². The van der Waals surface area contributed by atoms with Crippen molar-refractivity contribution in [3.8, 4) is 0 Å². The summed E-state index contributed by atoms with van der Waals surface area (Å²) >= 11 is 1.61. The standard InChI is InChI=1S/C15H16N6O2S/c1-20-13-11(9-17-20)14(22)19-12(18-13)3-2-10-8-16-15(24-10)21-4-6-23-7-5-21/h2-3,8-9H,4-7H2,1H3,(H,18,19,22)/b3-2+. The van der Waals surface area contributed by atoms with Gasteiger partial charge in [0.25, 0.3) is 5.56 Å². The molecule has 0 saturated carbocycles. The third-order valence-corrected chi connectivity index (χ3v) is 4.84. The number of H-pyrrole nitrogens is 1. The van der Waals surface area contributed by atoms with Crippen molar-refractivity contribution in [3.05, 3.63) is 33.4 Å². The van der Waals surface area contributed by atoms with E-state index in [-0.39, 0.29) is 5.56 Å². The maximum Gasteiger partial charge on any atom is 0.262 e. The molecule has 1 aliphatic heterocycles. The molecule has 0 spiro atoms. The number of ether oxygens (including phenoxy) is 1. The second kappa shape index (κ2) is 6.17. The molecule has 0 amide bonds. The summed E-state index contributed by atoms with van der Waals surface area (Å²) in [5.74, 6) is 0.498. The van der Waals surface area contributed by atoms with Crippen LogP contribution in [-0.4, -0.2) is 51.0 Å². The molecule has 0 unspecified atom stereocenters. The number of nitrogens with one attached hydrogen (secondary N) is 1. The Morgan fingerprint density at radius 2 is 2.12 bits per heavy atom. The van der Waals surface area contributed by atoms with Crippen LogP contribution in [0.4, 0.5) is 5.13 Å². The molecule has 0 radical (unpaired) electrons. The Labute approximate surface area is 141 Å². The molecule has 8 nitrogen and oxygen atoms in total. The molecule has 1 saturated heterocycles. The van der Waals surface area contributed by atoms with E-state index in [0.717, 1.165) is 36.3 Å². The minimum atomic E-state index is -0.189. The van der Waals surface area contributed by atoms with Crippen molar-refractivity contribution in [1.82, 2.24) is 24.7 Å². The number of rotatable bonds is 3. The Morgan fingerprint density at radius 3 is 2.96 bits per heavy atom. The lowest BCUT2D eigenvalue weighted by Gasteiger charge is -2.25. The highest BCUT2D eigenvalue weighted by molar-refractivity contribution is 7.16. The summed E-state index contributed by atoms with van der Waals surface area (Å²) in [5, 5.41) is 5.53. The first-order valence-electron chi connectivity index (χ1n) is 7.59. The number of hydrogen-bond acceptors (Lipinski definition) is 7. The molecule has 4 rings (SSSR count). The molecule has 1 aliphatic rings. The summed E-state index contributed by atoms with van der Waals surface area (Å²) in [4.78, 5) is 26.9. The van der Waals surface area contributed by atoms with Gasteiger partial charge in [0.05, 0.1) is 19.4 Å². The molecule has 3 aromatic heterocycles. The monoisotopic (exact) mass is 344 g/mol. The van der Waals surface area contributed by atoms with Gasteiger partial charge in [-0.2, -0.15) is 5.10 Å². The molecular weight excluding hydrogens is 328 g/mol. The Balaban J connectivity index is 1.58. The first-order valence-corrected chi connectivity index (χ1v) is 8.41. The van der Waals surface area contributed by atoms with Crippen molar-refractivity contribution in [2.45, 2.75) is 0 Å². The van der Waals surface area contributed by atoms with Crippen molar-refractivity contribution < 1.29 is 4.74 Å². The quantitative estimate of drug-likeness (QED) is 0.766. The minimum absolute atomic E-state index is 0.189. The number of morpholine rings is 1. The average Bonchev–Trinajstić information content (AvgIpc) is 3.22. The first kappa shape index (κ1) is 15.0. The van der Waals surface area contributed by atoms with E-state index in [9.17, 15) is 4.79 Å². The summed E-state index contributed by atoms with van der Waals surface area (Å²) in [5.41, 5.74) is 0.378. The average molecular weight is 344 g/mol. The Hall–Kier alpha value is -2.52. The van der Waals surface area contributed by atoms with Gasteiger partial charge < -0.3 is 14.6 Å². The van der Waals surface area contributed by atoms with Crippen LogP contribution in [0.2, 0.25) is 0 Å². The van der Waals surface area contributed by atoms with Crippen LogP contribution >= 0.6 is 11.3 Å². The van der Waals surface area contributed by atoms with Crippen LogP contribution in [-0.2, 0) is 11.8 Å². The zero-order valence-corrected chi connectivity index (χ0v) is 13.9. The third kappa shape index (κ3) is 2.83.